The smallest absolute Gasteiger partial charge is 0.308 e. The highest BCUT2D eigenvalue weighted by molar-refractivity contribution is 6.05. The lowest BCUT2D eigenvalue weighted by Crippen LogP contribution is -2.34. The summed E-state index contributed by atoms with van der Waals surface area (Å²) in [4.78, 5) is 53.2. The minimum Gasteiger partial charge on any atom is -0.456 e. The van der Waals surface area contributed by atoms with Gasteiger partial charge in [0.2, 0.25) is 11.8 Å². The van der Waals surface area contributed by atoms with Crippen molar-refractivity contribution in [2.45, 2.75) is 38.5 Å². The van der Waals surface area contributed by atoms with Crippen LogP contribution in [0.4, 0.5) is 0 Å². The minimum absolute atomic E-state index is 0.0195. The third kappa shape index (κ3) is 4.62. The predicted molar refractivity (Wildman–Crippen MR) is 113 cm³/mol. The quantitative estimate of drug-likeness (QED) is 0.496. The lowest BCUT2D eigenvalue weighted by molar-refractivity contribution is -0.149. The van der Waals surface area contributed by atoms with E-state index in [9.17, 15) is 19.2 Å². The summed E-state index contributed by atoms with van der Waals surface area (Å²) >= 11 is 0. The van der Waals surface area contributed by atoms with Crippen LogP contribution in [0.3, 0.4) is 0 Å². The van der Waals surface area contributed by atoms with Crippen LogP contribution in [0, 0.1) is 11.8 Å². The van der Waals surface area contributed by atoms with Crippen LogP contribution >= 0.6 is 0 Å². The first-order valence-corrected chi connectivity index (χ1v) is 10.9. The number of esters is 1. The van der Waals surface area contributed by atoms with Gasteiger partial charge in [0.05, 0.1) is 18.3 Å². The highest BCUT2D eigenvalue weighted by atomic mass is 16.5. The number of H-pyrrole nitrogens is 1. The molecule has 1 saturated heterocycles. The Hall–Kier alpha value is -3.16. The summed E-state index contributed by atoms with van der Waals surface area (Å²) in [6.45, 7) is 0.0728. The zero-order valence-electron chi connectivity index (χ0n) is 17.4. The van der Waals surface area contributed by atoms with Gasteiger partial charge in [-0.15, -0.1) is 0 Å². The monoisotopic (exact) mass is 425 g/mol. The zero-order valence-corrected chi connectivity index (χ0v) is 17.4. The van der Waals surface area contributed by atoms with Crippen molar-refractivity contribution in [3.8, 4) is 0 Å². The standard InChI is InChI=1S/C23H27N3O5/c27-20(24-11-9-15-13-25-19-8-4-3-5-16(15)19)14-31-21(28)10-12-26-22(29)17-6-1-2-7-18(17)23(26)30/h3-5,8,13,17-18,25H,1-2,6-7,9-12,14H2,(H,24,27)/t17-,18-/m0/s1. The predicted octanol–water partition coefficient (Wildman–Crippen LogP) is 1.94. The summed E-state index contributed by atoms with van der Waals surface area (Å²) in [5.41, 5.74) is 2.15. The van der Waals surface area contributed by atoms with E-state index in [1.165, 1.54) is 4.90 Å². The van der Waals surface area contributed by atoms with Gasteiger partial charge in [0.1, 0.15) is 0 Å². The van der Waals surface area contributed by atoms with Crippen molar-refractivity contribution in [2.75, 3.05) is 19.7 Å². The largest absolute Gasteiger partial charge is 0.456 e. The SMILES string of the molecule is O=C(COC(=O)CCN1C(=O)[C@H]2CCCC[C@@H]2C1=O)NCCc1c[nH]c2ccccc12. The zero-order chi connectivity index (χ0) is 21.8. The van der Waals surface area contributed by atoms with Gasteiger partial charge in [0, 0.05) is 30.2 Å². The van der Waals surface area contributed by atoms with Crippen molar-refractivity contribution >= 4 is 34.6 Å². The van der Waals surface area contributed by atoms with E-state index >= 15 is 0 Å². The van der Waals surface area contributed by atoms with E-state index in [1.54, 1.807) is 0 Å². The number of likely N-dealkylation sites (tertiary alicyclic amines) is 1. The van der Waals surface area contributed by atoms with E-state index < -0.39 is 5.97 Å². The molecule has 4 rings (SSSR count). The molecule has 1 aromatic carbocycles. The minimum atomic E-state index is -0.595. The molecular formula is C23H27N3O5. The molecule has 8 heteroatoms. The molecule has 0 bridgehead atoms. The van der Waals surface area contributed by atoms with Crippen molar-refractivity contribution < 1.29 is 23.9 Å². The van der Waals surface area contributed by atoms with Gasteiger partial charge in [-0.25, -0.2) is 0 Å². The first kappa shape index (κ1) is 21.1. The molecule has 1 aliphatic heterocycles. The molecule has 2 aromatic rings. The Morgan fingerprint density at radius 2 is 1.81 bits per heavy atom. The third-order valence-electron chi connectivity index (χ3n) is 6.23. The summed E-state index contributed by atoms with van der Waals surface area (Å²) < 4.78 is 5.00. The maximum atomic E-state index is 12.4. The molecular weight excluding hydrogens is 398 g/mol. The van der Waals surface area contributed by atoms with Crippen LogP contribution in [0.5, 0.6) is 0 Å². The van der Waals surface area contributed by atoms with Crippen molar-refractivity contribution in [2.24, 2.45) is 11.8 Å². The number of aromatic amines is 1. The number of rotatable bonds is 8. The van der Waals surface area contributed by atoms with E-state index in [2.05, 4.69) is 10.3 Å². The lowest BCUT2D eigenvalue weighted by Gasteiger charge is -2.19. The average molecular weight is 425 g/mol. The number of amides is 3. The Morgan fingerprint density at radius 1 is 1.10 bits per heavy atom. The molecule has 31 heavy (non-hydrogen) atoms. The van der Waals surface area contributed by atoms with Crippen molar-refractivity contribution in [1.82, 2.24) is 15.2 Å². The van der Waals surface area contributed by atoms with Gasteiger partial charge in [-0.3, -0.25) is 24.1 Å². The topological polar surface area (TPSA) is 109 Å². The fourth-order valence-electron chi connectivity index (χ4n) is 4.60. The molecule has 2 N–H and O–H groups in total. The van der Waals surface area contributed by atoms with Gasteiger partial charge < -0.3 is 15.0 Å². The number of carbonyl (C=O) groups is 4. The molecule has 2 heterocycles. The molecule has 2 aliphatic rings. The maximum Gasteiger partial charge on any atom is 0.308 e. The van der Waals surface area contributed by atoms with E-state index in [4.69, 9.17) is 4.74 Å². The van der Waals surface area contributed by atoms with E-state index in [-0.39, 0.29) is 49.1 Å². The van der Waals surface area contributed by atoms with Crippen LogP contribution in [0.2, 0.25) is 0 Å². The van der Waals surface area contributed by atoms with Gasteiger partial charge in [-0.05, 0) is 30.9 Å². The second-order valence-corrected chi connectivity index (χ2v) is 8.20. The fourth-order valence-corrected chi connectivity index (χ4v) is 4.60. The Labute approximate surface area is 180 Å². The average Bonchev–Trinajstić information content (AvgIpc) is 3.30. The second-order valence-electron chi connectivity index (χ2n) is 8.20. The number of imide groups is 1. The van der Waals surface area contributed by atoms with Crippen LogP contribution in [-0.4, -0.2) is 53.3 Å². The van der Waals surface area contributed by atoms with E-state index in [0.29, 0.717) is 13.0 Å². The third-order valence-corrected chi connectivity index (χ3v) is 6.23. The molecule has 2 atom stereocenters. The number of hydrogen-bond acceptors (Lipinski definition) is 5. The Bertz CT molecular complexity index is 974. The normalized spacial score (nSPS) is 20.7. The second kappa shape index (κ2) is 9.32. The lowest BCUT2D eigenvalue weighted by atomic mass is 9.81. The van der Waals surface area contributed by atoms with Gasteiger partial charge >= 0.3 is 5.97 Å². The van der Waals surface area contributed by atoms with Crippen LogP contribution in [0.1, 0.15) is 37.7 Å². The Morgan fingerprint density at radius 3 is 2.55 bits per heavy atom. The van der Waals surface area contributed by atoms with Crippen LogP contribution in [-0.2, 0) is 30.3 Å². The number of nitrogens with zero attached hydrogens (tertiary/aromatic N) is 1. The van der Waals surface area contributed by atoms with Crippen molar-refractivity contribution in [3.05, 3.63) is 36.0 Å². The fraction of sp³-hybridized carbons (Fsp3) is 0.478. The molecule has 1 aromatic heterocycles. The number of benzene rings is 1. The van der Waals surface area contributed by atoms with Gasteiger partial charge in [0.15, 0.2) is 6.61 Å². The highest BCUT2D eigenvalue weighted by Crippen LogP contribution is 2.37. The molecule has 1 saturated carbocycles. The molecule has 8 nitrogen and oxygen atoms in total. The van der Waals surface area contributed by atoms with E-state index in [1.807, 2.05) is 30.5 Å². The summed E-state index contributed by atoms with van der Waals surface area (Å²) in [5, 5.41) is 3.86. The summed E-state index contributed by atoms with van der Waals surface area (Å²) in [6, 6.07) is 7.94. The Kier molecular flexibility index (Phi) is 6.34. The van der Waals surface area contributed by atoms with Gasteiger partial charge in [0.25, 0.3) is 5.91 Å². The molecule has 2 fully saturated rings. The van der Waals surface area contributed by atoms with Gasteiger partial charge in [-0.2, -0.15) is 0 Å². The number of nitrogens with one attached hydrogen (secondary N) is 2. The van der Waals surface area contributed by atoms with Crippen LogP contribution < -0.4 is 5.32 Å². The number of carbonyl (C=O) groups excluding carboxylic acids is 4. The van der Waals surface area contributed by atoms with Crippen molar-refractivity contribution in [3.63, 3.8) is 0 Å². The molecule has 0 spiro atoms. The van der Waals surface area contributed by atoms with E-state index in [0.717, 1.165) is 42.1 Å². The number of fused-ring (bicyclic) bond motifs is 2. The number of para-hydroxylation sites is 1. The summed E-state index contributed by atoms with van der Waals surface area (Å²) in [7, 11) is 0. The molecule has 164 valence electrons. The van der Waals surface area contributed by atoms with Crippen LogP contribution in [0.15, 0.2) is 30.5 Å². The summed E-state index contributed by atoms with van der Waals surface area (Å²) in [5.74, 6) is -1.76. The number of hydrogen-bond donors (Lipinski definition) is 2. The van der Waals surface area contributed by atoms with Crippen LogP contribution in [0.25, 0.3) is 10.9 Å². The number of ether oxygens (including phenoxy) is 1. The van der Waals surface area contributed by atoms with Crippen molar-refractivity contribution in [1.29, 1.82) is 0 Å². The highest BCUT2D eigenvalue weighted by Gasteiger charge is 2.47. The molecule has 0 unspecified atom stereocenters. The summed E-state index contributed by atoms with van der Waals surface area (Å²) in [6.07, 6.45) is 5.90. The first-order valence-electron chi connectivity index (χ1n) is 10.9. The molecule has 3 amide bonds. The molecule has 0 radical (unpaired) electrons. The maximum absolute atomic E-state index is 12.4. The molecule has 1 aliphatic carbocycles. The van der Waals surface area contributed by atoms with Gasteiger partial charge in [-0.1, -0.05) is 31.0 Å². The first-order chi connectivity index (χ1) is 15.0. The number of aromatic nitrogens is 1. The Balaban J connectivity index is 1.16.